The summed E-state index contributed by atoms with van der Waals surface area (Å²) in [4.78, 5) is 11.9. The van der Waals surface area contributed by atoms with E-state index in [0.717, 1.165) is 37.3 Å². The van der Waals surface area contributed by atoms with Crippen LogP contribution in [0.15, 0.2) is 17.4 Å². The molecule has 0 amide bonds. The van der Waals surface area contributed by atoms with Crippen LogP contribution in [0, 0.1) is 11.8 Å². The van der Waals surface area contributed by atoms with Gasteiger partial charge in [-0.1, -0.05) is 26.7 Å². The number of guanidine groups is 1. The molecule has 1 aromatic heterocycles. The van der Waals surface area contributed by atoms with Crippen LogP contribution in [-0.4, -0.2) is 52.6 Å². The fourth-order valence-electron chi connectivity index (χ4n) is 4.39. The highest BCUT2D eigenvalue weighted by Gasteiger charge is 2.26. The van der Waals surface area contributed by atoms with Gasteiger partial charge in [-0.25, -0.2) is 9.98 Å². The van der Waals surface area contributed by atoms with Crippen molar-refractivity contribution in [2.45, 2.75) is 72.0 Å². The van der Waals surface area contributed by atoms with E-state index >= 15 is 0 Å². The maximum atomic E-state index is 4.81. The first kappa shape index (κ1) is 20.2. The van der Waals surface area contributed by atoms with E-state index in [1.807, 2.05) is 6.20 Å². The second-order valence-corrected chi connectivity index (χ2v) is 8.62. The number of likely N-dealkylation sites (tertiary alicyclic amines) is 1. The first-order valence-corrected chi connectivity index (χ1v) is 10.9. The van der Waals surface area contributed by atoms with E-state index in [9.17, 15) is 0 Å². The summed E-state index contributed by atoms with van der Waals surface area (Å²) in [5.74, 6) is 3.50. The minimum atomic E-state index is 0.500. The zero-order valence-corrected chi connectivity index (χ0v) is 17.5. The van der Waals surface area contributed by atoms with Gasteiger partial charge in [-0.3, -0.25) is 0 Å². The molecule has 152 valence electrons. The second-order valence-electron chi connectivity index (χ2n) is 8.62. The van der Waals surface area contributed by atoms with Gasteiger partial charge in [-0.15, -0.1) is 0 Å². The number of aliphatic imine (C=N–C) groups is 1. The lowest BCUT2D eigenvalue weighted by atomic mass is 10.1. The molecule has 2 heterocycles. The van der Waals surface area contributed by atoms with Crippen molar-refractivity contribution in [3.8, 4) is 0 Å². The van der Waals surface area contributed by atoms with Crippen molar-refractivity contribution in [2.75, 3.05) is 26.2 Å². The van der Waals surface area contributed by atoms with Gasteiger partial charge in [0.25, 0.3) is 0 Å². The van der Waals surface area contributed by atoms with E-state index in [1.165, 1.54) is 45.2 Å². The molecule has 1 saturated heterocycles. The molecule has 27 heavy (non-hydrogen) atoms. The predicted octanol–water partition coefficient (Wildman–Crippen LogP) is 2.86. The van der Waals surface area contributed by atoms with Crippen molar-refractivity contribution in [1.29, 1.82) is 0 Å². The molecule has 2 fully saturated rings. The van der Waals surface area contributed by atoms with Gasteiger partial charge in [-0.2, -0.15) is 0 Å². The van der Waals surface area contributed by atoms with Crippen LogP contribution in [0.2, 0.25) is 0 Å². The highest BCUT2D eigenvalue weighted by Crippen LogP contribution is 2.26. The highest BCUT2D eigenvalue weighted by molar-refractivity contribution is 5.80. The molecule has 1 aliphatic heterocycles. The largest absolute Gasteiger partial charge is 0.357 e. The van der Waals surface area contributed by atoms with E-state index in [4.69, 9.17) is 4.99 Å². The van der Waals surface area contributed by atoms with E-state index in [2.05, 4.69) is 52.1 Å². The van der Waals surface area contributed by atoms with Gasteiger partial charge in [0.15, 0.2) is 5.96 Å². The molecule has 1 saturated carbocycles. The fraction of sp³-hybridized carbons (Fsp3) is 0.810. The van der Waals surface area contributed by atoms with Crippen LogP contribution in [0.25, 0.3) is 0 Å². The van der Waals surface area contributed by atoms with Crippen LogP contribution in [-0.2, 0) is 13.1 Å². The standard InChI is InChI=1S/C21H38N6/c1-4-22-21(24-13-20-23-10-12-27(20)14-17(2)3)25-19-9-11-26(16-19)15-18-7-5-6-8-18/h10,12,17-19H,4-9,11,13-16H2,1-3H3,(H2,22,24,25). The Hall–Kier alpha value is -1.56. The molecule has 0 spiro atoms. The highest BCUT2D eigenvalue weighted by atomic mass is 15.2. The Morgan fingerprint density at radius 1 is 1.30 bits per heavy atom. The number of hydrogen-bond donors (Lipinski definition) is 2. The Labute approximate surface area is 164 Å². The third kappa shape index (κ3) is 6.23. The normalized spacial score (nSPS) is 22.1. The smallest absolute Gasteiger partial charge is 0.191 e. The summed E-state index contributed by atoms with van der Waals surface area (Å²) >= 11 is 0. The molecule has 1 unspecified atom stereocenters. The van der Waals surface area contributed by atoms with E-state index in [-0.39, 0.29) is 0 Å². The number of nitrogens with one attached hydrogen (secondary N) is 2. The molecule has 2 N–H and O–H groups in total. The van der Waals surface area contributed by atoms with Crippen LogP contribution < -0.4 is 10.6 Å². The Balaban J connectivity index is 1.51. The second kappa shape index (κ2) is 10.1. The van der Waals surface area contributed by atoms with Gasteiger partial charge in [0.05, 0.1) is 0 Å². The molecule has 6 heteroatoms. The molecular formula is C21H38N6. The number of rotatable bonds is 8. The van der Waals surface area contributed by atoms with Crippen molar-refractivity contribution in [1.82, 2.24) is 25.1 Å². The Morgan fingerprint density at radius 3 is 2.85 bits per heavy atom. The van der Waals surface area contributed by atoms with Crippen molar-refractivity contribution in [3.63, 3.8) is 0 Å². The minimum Gasteiger partial charge on any atom is -0.357 e. The monoisotopic (exact) mass is 374 g/mol. The van der Waals surface area contributed by atoms with Gasteiger partial charge < -0.3 is 20.1 Å². The van der Waals surface area contributed by atoms with Crippen molar-refractivity contribution >= 4 is 5.96 Å². The van der Waals surface area contributed by atoms with Crippen molar-refractivity contribution in [2.24, 2.45) is 16.8 Å². The third-order valence-corrected chi connectivity index (χ3v) is 5.69. The lowest BCUT2D eigenvalue weighted by Crippen LogP contribution is -2.44. The Morgan fingerprint density at radius 2 is 2.11 bits per heavy atom. The minimum absolute atomic E-state index is 0.500. The van der Waals surface area contributed by atoms with Gasteiger partial charge in [-0.05, 0) is 38.0 Å². The zero-order valence-electron chi connectivity index (χ0n) is 17.5. The SMILES string of the molecule is CCNC(=NCc1nccn1CC(C)C)NC1CCN(CC2CCCC2)C1. The summed E-state index contributed by atoms with van der Waals surface area (Å²) in [7, 11) is 0. The van der Waals surface area contributed by atoms with Crippen molar-refractivity contribution < 1.29 is 0 Å². The van der Waals surface area contributed by atoms with Gasteiger partial charge in [0.2, 0.25) is 0 Å². The van der Waals surface area contributed by atoms with Gasteiger partial charge in [0, 0.05) is 51.2 Å². The molecule has 3 rings (SSSR count). The molecular weight excluding hydrogens is 336 g/mol. The first-order valence-electron chi connectivity index (χ1n) is 10.9. The van der Waals surface area contributed by atoms with Crippen LogP contribution in [0.5, 0.6) is 0 Å². The number of nitrogens with zero attached hydrogens (tertiary/aromatic N) is 4. The van der Waals surface area contributed by atoms with Crippen LogP contribution in [0.1, 0.15) is 58.7 Å². The molecule has 1 atom stereocenters. The summed E-state index contributed by atoms with van der Waals surface area (Å²) in [6, 6.07) is 0.500. The fourth-order valence-corrected chi connectivity index (χ4v) is 4.39. The van der Waals surface area contributed by atoms with E-state index < -0.39 is 0 Å². The average molecular weight is 375 g/mol. The lowest BCUT2D eigenvalue weighted by Gasteiger charge is -2.21. The lowest BCUT2D eigenvalue weighted by molar-refractivity contribution is 0.275. The Bertz CT molecular complexity index is 587. The topological polar surface area (TPSA) is 57.5 Å². The first-order chi connectivity index (χ1) is 13.1. The number of hydrogen-bond acceptors (Lipinski definition) is 3. The summed E-state index contributed by atoms with van der Waals surface area (Å²) in [6.07, 6.45) is 10.9. The summed E-state index contributed by atoms with van der Waals surface area (Å²) in [6.45, 7) is 12.7. The molecule has 0 radical (unpaired) electrons. The third-order valence-electron chi connectivity index (χ3n) is 5.69. The molecule has 0 aromatic carbocycles. The quantitative estimate of drug-likeness (QED) is 0.543. The zero-order chi connectivity index (χ0) is 19.1. The summed E-state index contributed by atoms with van der Waals surface area (Å²) in [5.41, 5.74) is 0. The Kier molecular flexibility index (Phi) is 7.56. The molecule has 6 nitrogen and oxygen atoms in total. The molecule has 2 aliphatic rings. The summed E-state index contributed by atoms with van der Waals surface area (Å²) in [5, 5.41) is 7.06. The van der Waals surface area contributed by atoms with Gasteiger partial charge >= 0.3 is 0 Å². The molecule has 1 aromatic rings. The summed E-state index contributed by atoms with van der Waals surface area (Å²) < 4.78 is 2.22. The van der Waals surface area contributed by atoms with Crippen molar-refractivity contribution in [3.05, 3.63) is 18.2 Å². The maximum absolute atomic E-state index is 4.81. The van der Waals surface area contributed by atoms with E-state index in [0.29, 0.717) is 18.5 Å². The predicted molar refractivity (Wildman–Crippen MR) is 112 cm³/mol. The number of aromatic nitrogens is 2. The number of imidazole rings is 1. The molecule has 0 bridgehead atoms. The van der Waals surface area contributed by atoms with Crippen LogP contribution in [0.4, 0.5) is 0 Å². The maximum Gasteiger partial charge on any atom is 0.191 e. The van der Waals surface area contributed by atoms with E-state index in [1.54, 1.807) is 0 Å². The van der Waals surface area contributed by atoms with Crippen LogP contribution >= 0.6 is 0 Å². The molecule has 1 aliphatic carbocycles. The van der Waals surface area contributed by atoms with Gasteiger partial charge in [0.1, 0.15) is 12.4 Å². The average Bonchev–Trinajstić information content (AvgIpc) is 3.36. The van der Waals surface area contributed by atoms with Crippen LogP contribution in [0.3, 0.4) is 0 Å².